The van der Waals surface area contributed by atoms with Crippen LogP contribution in [-0.4, -0.2) is 28.9 Å². The summed E-state index contributed by atoms with van der Waals surface area (Å²) in [5.41, 5.74) is 3.40. The molecule has 0 saturated carbocycles. The maximum absolute atomic E-state index is 11.5. The standard InChI is InChI=1S/C10H9NO5/c11-7(12)6-3-5-4-1-2-10(5,14)9(13)16-8(4)15-6/h1-5,8,14H,(H2,11,12)/t4-,5-,8-,10-/m0/s1/i6+1,10+1. The van der Waals surface area contributed by atoms with Gasteiger partial charge in [-0.2, -0.15) is 0 Å². The zero-order valence-corrected chi connectivity index (χ0v) is 8.12. The highest BCUT2D eigenvalue weighted by Gasteiger charge is 2.59. The average molecular weight is 225 g/mol. The van der Waals surface area contributed by atoms with Gasteiger partial charge in [-0.05, 0) is 12.2 Å². The molecule has 1 aliphatic carbocycles. The number of hydrogen-bond acceptors (Lipinski definition) is 5. The van der Waals surface area contributed by atoms with E-state index in [0.717, 1.165) is 0 Å². The van der Waals surface area contributed by atoms with Crippen molar-refractivity contribution in [2.45, 2.75) is 11.9 Å². The Bertz CT molecular complexity index is 454. The molecule has 4 bridgehead atoms. The van der Waals surface area contributed by atoms with Crippen LogP contribution in [0, 0.1) is 11.8 Å². The smallest absolute Gasteiger partial charge is 0.345 e. The van der Waals surface area contributed by atoms with Crippen molar-refractivity contribution in [1.82, 2.24) is 0 Å². The van der Waals surface area contributed by atoms with Gasteiger partial charge in [-0.1, -0.05) is 6.08 Å². The summed E-state index contributed by atoms with van der Waals surface area (Å²) in [5, 5.41) is 10.1. The summed E-state index contributed by atoms with van der Waals surface area (Å²) in [6.07, 6.45) is 3.57. The van der Waals surface area contributed by atoms with Crippen molar-refractivity contribution in [3.8, 4) is 0 Å². The lowest BCUT2D eigenvalue weighted by molar-refractivity contribution is -0.224. The lowest BCUT2D eigenvalue weighted by atomic mass is 9.95. The average Bonchev–Trinajstić information content (AvgIpc) is 2.50. The number of esters is 1. The summed E-state index contributed by atoms with van der Waals surface area (Å²) in [7, 11) is 0. The van der Waals surface area contributed by atoms with E-state index in [0.29, 0.717) is 0 Å². The molecule has 3 N–H and O–H groups in total. The molecule has 0 aromatic heterocycles. The Morgan fingerprint density at radius 3 is 2.94 bits per heavy atom. The van der Waals surface area contributed by atoms with Crippen molar-refractivity contribution in [2.24, 2.45) is 17.6 Å². The Hall–Kier alpha value is -1.82. The topological polar surface area (TPSA) is 98.9 Å². The van der Waals surface area contributed by atoms with Gasteiger partial charge in [0.2, 0.25) is 0 Å². The summed E-state index contributed by atoms with van der Waals surface area (Å²) in [6, 6.07) is 0. The maximum atomic E-state index is 11.5. The molecule has 6 nitrogen and oxygen atoms in total. The highest BCUT2D eigenvalue weighted by atomic mass is 16.7. The summed E-state index contributed by atoms with van der Waals surface area (Å²) in [6.45, 7) is 0. The molecule has 2 heterocycles. The van der Waals surface area contributed by atoms with Gasteiger partial charge in [0.15, 0.2) is 11.4 Å². The first-order valence-electron chi connectivity index (χ1n) is 4.83. The summed E-state index contributed by atoms with van der Waals surface area (Å²) >= 11 is 0. The van der Waals surface area contributed by atoms with E-state index in [4.69, 9.17) is 15.2 Å². The minimum atomic E-state index is -1.69. The van der Waals surface area contributed by atoms with Crippen LogP contribution in [0.1, 0.15) is 0 Å². The molecule has 1 amide bonds. The number of aliphatic hydroxyl groups is 1. The van der Waals surface area contributed by atoms with E-state index in [9.17, 15) is 14.7 Å². The van der Waals surface area contributed by atoms with Crippen molar-refractivity contribution in [1.29, 1.82) is 0 Å². The molecule has 1 saturated heterocycles. The third kappa shape index (κ3) is 0.943. The largest absolute Gasteiger partial charge is 0.449 e. The van der Waals surface area contributed by atoms with Crippen molar-refractivity contribution in [3.63, 3.8) is 0 Å². The fourth-order valence-corrected chi connectivity index (χ4v) is 2.33. The minimum Gasteiger partial charge on any atom is -0.449 e. The molecule has 0 aromatic carbocycles. The van der Waals surface area contributed by atoms with E-state index in [2.05, 4.69) is 0 Å². The van der Waals surface area contributed by atoms with Gasteiger partial charge in [-0.3, -0.25) is 4.79 Å². The summed E-state index contributed by atoms with van der Waals surface area (Å²) in [4.78, 5) is 22.5. The van der Waals surface area contributed by atoms with Gasteiger partial charge >= 0.3 is 5.97 Å². The monoisotopic (exact) mass is 225 g/mol. The SMILES string of the molecule is NC(=O)[13C]1=C[C@H]2[C@@H]3C=C[13C@@]2(O)C(=O)O[C@@H]3O1. The lowest BCUT2D eigenvalue weighted by Crippen LogP contribution is -2.55. The number of ether oxygens (including phenoxy) is 2. The van der Waals surface area contributed by atoms with Crippen LogP contribution in [0.5, 0.6) is 0 Å². The fourth-order valence-electron chi connectivity index (χ4n) is 2.33. The first kappa shape index (κ1) is 9.41. The number of primary amides is 1. The Kier molecular flexibility index (Phi) is 1.56. The van der Waals surface area contributed by atoms with E-state index in [1.54, 1.807) is 6.08 Å². The van der Waals surface area contributed by atoms with Crippen LogP contribution < -0.4 is 5.73 Å². The van der Waals surface area contributed by atoms with Gasteiger partial charge in [-0.25, -0.2) is 4.79 Å². The second-order valence-electron chi connectivity index (χ2n) is 4.07. The van der Waals surface area contributed by atoms with Gasteiger partial charge in [0.05, 0.1) is 5.92 Å². The lowest BCUT2D eigenvalue weighted by Gasteiger charge is -2.41. The maximum Gasteiger partial charge on any atom is 0.345 e. The molecule has 2 aliphatic heterocycles. The zero-order valence-electron chi connectivity index (χ0n) is 8.12. The van der Waals surface area contributed by atoms with Crippen LogP contribution >= 0.6 is 0 Å². The van der Waals surface area contributed by atoms with Gasteiger partial charge in [0.25, 0.3) is 12.2 Å². The molecular weight excluding hydrogens is 216 g/mol. The van der Waals surface area contributed by atoms with E-state index in [1.807, 2.05) is 0 Å². The van der Waals surface area contributed by atoms with Crippen LogP contribution in [0.3, 0.4) is 0 Å². The molecule has 0 radical (unpaired) electrons. The third-order valence-corrected chi connectivity index (χ3v) is 3.18. The second-order valence-corrected chi connectivity index (χ2v) is 4.07. The number of carbonyl (C=O) groups excluding carboxylic acids is 2. The Balaban J connectivity index is 2.09. The van der Waals surface area contributed by atoms with Crippen LogP contribution in [-0.2, 0) is 19.1 Å². The van der Waals surface area contributed by atoms with Gasteiger partial charge < -0.3 is 20.3 Å². The van der Waals surface area contributed by atoms with Crippen LogP contribution in [0.2, 0.25) is 0 Å². The Morgan fingerprint density at radius 1 is 1.50 bits per heavy atom. The first-order chi connectivity index (χ1) is 7.52. The molecule has 84 valence electrons. The van der Waals surface area contributed by atoms with Crippen LogP contribution in [0.15, 0.2) is 24.0 Å². The van der Waals surface area contributed by atoms with Gasteiger partial charge in [0.1, 0.15) is 0 Å². The minimum absolute atomic E-state index is 0.0686. The van der Waals surface area contributed by atoms with E-state index < -0.39 is 29.7 Å². The van der Waals surface area contributed by atoms with E-state index in [1.165, 1.54) is 12.2 Å². The Labute approximate surface area is 90.3 Å². The highest BCUT2D eigenvalue weighted by Crippen LogP contribution is 2.47. The predicted molar refractivity (Wildman–Crippen MR) is 49.3 cm³/mol. The molecule has 0 unspecified atom stereocenters. The van der Waals surface area contributed by atoms with Gasteiger partial charge in [-0.15, -0.1) is 0 Å². The number of nitrogens with two attached hydrogens (primary N) is 1. The number of rotatable bonds is 1. The van der Waals surface area contributed by atoms with Crippen molar-refractivity contribution in [2.75, 3.05) is 0 Å². The molecule has 1 fully saturated rings. The van der Waals surface area contributed by atoms with Gasteiger partial charge in [0, 0.05) is 5.92 Å². The van der Waals surface area contributed by atoms with E-state index >= 15 is 0 Å². The molecule has 0 spiro atoms. The number of carbonyl (C=O) groups is 2. The number of hydrogen-bond donors (Lipinski definition) is 2. The summed E-state index contributed by atoms with van der Waals surface area (Å²) < 4.78 is 10.1. The molecule has 6 heteroatoms. The van der Waals surface area contributed by atoms with E-state index in [-0.39, 0.29) is 11.7 Å². The van der Waals surface area contributed by atoms with Crippen molar-refractivity contribution >= 4 is 11.9 Å². The number of amides is 1. The van der Waals surface area contributed by atoms with Crippen molar-refractivity contribution in [3.05, 3.63) is 24.0 Å². The molecule has 16 heavy (non-hydrogen) atoms. The normalized spacial score (nSPS) is 43.4. The molecule has 4 atom stereocenters. The first-order valence-corrected chi connectivity index (χ1v) is 4.83. The molecule has 0 aromatic rings. The van der Waals surface area contributed by atoms with Crippen LogP contribution in [0.4, 0.5) is 0 Å². The van der Waals surface area contributed by atoms with Crippen molar-refractivity contribution < 1.29 is 24.2 Å². The quantitative estimate of drug-likeness (QED) is 0.332. The fraction of sp³-hybridized carbons (Fsp3) is 0.400. The zero-order chi connectivity index (χ0) is 11.5. The molecule has 3 rings (SSSR count). The molecule has 3 aliphatic rings. The third-order valence-electron chi connectivity index (χ3n) is 3.18. The second kappa shape index (κ2) is 2.65. The molecular formula is C10H9NO5. The van der Waals surface area contributed by atoms with Crippen LogP contribution in [0.25, 0.3) is 0 Å². The summed E-state index contributed by atoms with van der Waals surface area (Å²) in [5.74, 6) is -2.36. The predicted octanol–water partition coefficient (Wildman–Crippen LogP) is -1.20. The highest BCUT2D eigenvalue weighted by molar-refractivity contribution is 5.91. The Morgan fingerprint density at radius 2 is 2.25 bits per heavy atom.